The first-order chi connectivity index (χ1) is 9.26. The van der Waals surface area contributed by atoms with Gasteiger partial charge in [0.15, 0.2) is 5.96 Å². The molecule has 0 radical (unpaired) electrons. The Bertz CT molecular complexity index is 259. The van der Waals surface area contributed by atoms with Crippen LogP contribution in [-0.4, -0.2) is 51.5 Å². The van der Waals surface area contributed by atoms with Crippen molar-refractivity contribution in [2.45, 2.75) is 51.7 Å². The lowest BCUT2D eigenvalue weighted by atomic mass is 10.1. The van der Waals surface area contributed by atoms with Crippen LogP contribution in [0.3, 0.4) is 0 Å². The molecule has 0 saturated carbocycles. The van der Waals surface area contributed by atoms with E-state index in [2.05, 4.69) is 29.5 Å². The van der Waals surface area contributed by atoms with Crippen LogP contribution in [0.4, 0.5) is 0 Å². The van der Waals surface area contributed by atoms with Crippen molar-refractivity contribution in [3.63, 3.8) is 0 Å². The standard InChI is InChI=1S/C14H29N3O2.HI/c1-4-12(2)17-14(15-3)16-8-5-9-19-13-6-10-18-11-7-13;/h12-13H,4-11H2,1-3H3,(H2,15,16,17);1H. The van der Waals surface area contributed by atoms with Crippen LogP contribution in [0.1, 0.15) is 39.5 Å². The monoisotopic (exact) mass is 399 g/mol. The average Bonchev–Trinajstić information content (AvgIpc) is 2.46. The highest BCUT2D eigenvalue weighted by atomic mass is 127. The second kappa shape index (κ2) is 12.6. The van der Waals surface area contributed by atoms with Crippen LogP contribution < -0.4 is 10.6 Å². The molecule has 0 spiro atoms. The van der Waals surface area contributed by atoms with Crippen molar-refractivity contribution in [3.05, 3.63) is 0 Å². The summed E-state index contributed by atoms with van der Waals surface area (Å²) in [6.45, 7) is 7.69. The third-order valence-electron chi connectivity index (χ3n) is 3.35. The zero-order chi connectivity index (χ0) is 13.9. The molecule has 2 N–H and O–H groups in total. The van der Waals surface area contributed by atoms with E-state index in [0.29, 0.717) is 12.1 Å². The minimum atomic E-state index is 0. The van der Waals surface area contributed by atoms with Gasteiger partial charge in [-0.1, -0.05) is 6.92 Å². The summed E-state index contributed by atoms with van der Waals surface area (Å²) in [7, 11) is 1.80. The Kier molecular flexibility index (Phi) is 12.6. The minimum Gasteiger partial charge on any atom is -0.381 e. The number of nitrogens with one attached hydrogen (secondary N) is 2. The lowest BCUT2D eigenvalue weighted by molar-refractivity contribution is -0.0320. The second-order valence-corrected chi connectivity index (χ2v) is 4.99. The maximum Gasteiger partial charge on any atom is 0.191 e. The molecular formula is C14H30IN3O2. The molecule has 1 unspecified atom stereocenters. The Morgan fingerprint density at radius 3 is 2.70 bits per heavy atom. The van der Waals surface area contributed by atoms with E-state index in [1.54, 1.807) is 7.05 Å². The molecule has 0 aromatic rings. The molecular weight excluding hydrogens is 369 g/mol. The van der Waals surface area contributed by atoms with Gasteiger partial charge in [-0.15, -0.1) is 24.0 Å². The lowest BCUT2D eigenvalue weighted by Gasteiger charge is -2.22. The van der Waals surface area contributed by atoms with Crippen molar-refractivity contribution in [3.8, 4) is 0 Å². The third-order valence-corrected chi connectivity index (χ3v) is 3.35. The van der Waals surface area contributed by atoms with Gasteiger partial charge in [0, 0.05) is 39.5 Å². The molecule has 120 valence electrons. The van der Waals surface area contributed by atoms with Crippen molar-refractivity contribution < 1.29 is 9.47 Å². The van der Waals surface area contributed by atoms with E-state index in [1.165, 1.54) is 0 Å². The van der Waals surface area contributed by atoms with Gasteiger partial charge in [-0.2, -0.15) is 0 Å². The van der Waals surface area contributed by atoms with Gasteiger partial charge < -0.3 is 20.1 Å². The summed E-state index contributed by atoms with van der Waals surface area (Å²) in [4.78, 5) is 4.20. The summed E-state index contributed by atoms with van der Waals surface area (Å²) >= 11 is 0. The molecule has 5 nitrogen and oxygen atoms in total. The highest BCUT2D eigenvalue weighted by Crippen LogP contribution is 2.10. The molecule has 1 aliphatic heterocycles. The van der Waals surface area contributed by atoms with Crippen molar-refractivity contribution in [1.82, 2.24) is 10.6 Å². The lowest BCUT2D eigenvalue weighted by Crippen LogP contribution is -2.42. The minimum absolute atomic E-state index is 0. The summed E-state index contributed by atoms with van der Waals surface area (Å²) in [6.07, 6.45) is 4.55. The molecule has 0 aromatic heterocycles. The second-order valence-electron chi connectivity index (χ2n) is 4.99. The van der Waals surface area contributed by atoms with Gasteiger partial charge in [-0.3, -0.25) is 4.99 Å². The van der Waals surface area contributed by atoms with E-state index in [9.17, 15) is 0 Å². The van der Waals surface area contributed by atoms with E-state index in [1.807, 2.05) is 0 Å². The Labute approximate surface area is 140 Å². The van der Waals surface area contributed by atoms with E-state index < -0.39 is 0 Å². The van der Waals surface area contributed by atoms with Crippen molar-refractivity contribution in [2.75, 3.05) is 33.4 Å². The number of nitrogens with zero attached hydrogens (tertiary/aromatic N) is 1. The number of hydrogen-bond acceptors (Lipinski definition) is 3. The molecule has 1 rings (SSSR count). The average molecular weight is 399 g/mol. The number of hydrogen-bond donors (Lipinski definition) is 2. The first-order valence-electron chi connectivity index (χ1n) is 7.42. The number of rotatable bonds is 7. The van der Waals surface area contributed by atoms with Crippen molar-refractivity contribution in [1.29, 1.82) is 0 Å². The van der Waals surface area contributed by atoms with E-state index in [4.69, 9.17) is 9.47 Å². The molecule has 20 heavy (non-hydrogen) atoms. The van der Waals surface area contributed by atoms with Gasteiger partial charge in [0.1, 0.15) is 0 Å². The van der Waals surface area contributed by atoms with Crippen molar-refractivity contribution in [2.24, 2.45) is 4.99 Å². The number of guanidine groups is 1. The SMILES string of the molecule is CCC(C)NC(=NC)NCCCOC1CCOCC1.I. The fraction of sp³-hybridized carbons (Fsp3) is 0.929. The fourth-order valence-corrected chi connectivity index (χ4v) is 1.90. The highest BCUT2D eigenvalue weighted by molar-refractivity contribution is 14.0. The zero-order valence-corrected chi connectivity index (χ0v) is 15.3. The van der Waals surface area contributed by atoms with Gasteiger partial charge in [-0.25, -0.2) is 0 Å². The fourth-order valence-electron chi connectivity index (χ4n) is 1.90. The molecule has 6 heteroatoms. The Morgan fingerprint density at radius 2 is 2.10 bits per heavy atom. The normalized spacial score (nSPS) is 18.2. The van der Waals surface area contributed by atoms with E-state index in [-0.39, 0.29) is 24.0 Å². The summed E-state index contributed by atoms with van der Waals surface area (Å²) in [5.41, 5.74) is 0. The van der Waals surface area contributed by atoms with Crippen LogP contribution in [0.15, 0.2) is 4.99 Å². The molecule has 1 atom stereocenters. The van der Waals surface area contributed by atoms with Gasteiger partial charge in [0.25, 0.3) is 0 Å². The maximum absolute atomic E-state index is 5.82. The van der Waals surface area contributed by atoms with Crippen LogP contribution >= 0.6 is 24.0 Å². The molecule has 1 fully saturated rings. The third kappa shape index (κ3) is 8.97. The summed E-state index contributed by atoms with van der Waals surface area (Å²) < 4.78 is 11.1. The van der Waals surface area contributed by atoms with Crippen molar-refractivity contribution >= 4 is 29.9 Å². The Balaban J connectivity index is 0.00000361. The molecule has 0 bridgehead atoms. The van der Waals surface area contributed by atoms with Crippen LogP contribution in [0, 0.1) is 0 Å². The molecule has 0 aliphatic carbocycles. The van der Waals surface area contributed by atoms with Gasteiger partial charge in [-0.05, 0) is 32.6 Å². The molecule has 0 aromatic carbocycles. The topological polar surface area (TPSA) is 54.9 Å². The predicted octanol–water partition coefficient (Wildman–Crippen LogP) is 2.15. The number of halogens is 1. The maximum atomic E-state index is 5.82. The van der Waals surface area contributed by atoms with Crippen LogP contribution in [-0.2, 0) is 9.47 Å². The van der Waals surface area contributed by atoms with Crippen LogP contribution in [0.2, 0.25) is 0 Å². The molecule has 1 saturated heterocycles. The van der Waals surface area contributed by atoms with E-state index >= 15 is 0 Å². The number of aliphatic imine (C=N–C) groups is 1. The first kappa shape index (κ1) is 19.9. The highest BCUT2D eigenvalue weighted by Gasteiger charge is 2.13. The van der Waals surface area contributed by atoms with Gasteiger partial charge >= 0.3 is 0 Å². The summed E-state index contributed by atoms with van der Waals surface area (Å²) in [5.74, 6) is 0.875. The Morgan fingerprint density at radius 1 is 1.40 bits per heavy atom. The first-order valence-corrected chi connectivity index (χ1v) is 7.42. The number of ether oxygens (including phenoxy) is 2. The van der Waals surface area contributed by atoms with Gasteiger partial charge in [0.05, 0.1) is 6.10 Å². The van der Waals surface area contributed by atoms with Gasteiger partial charge in [0.2, 0.25) is 0 Å². The summed E-state index contributed by atoms with van der Waals surface area (Å²) in [5, 5.41) is 6.64. The Hall–Kier alpha value is -0.0800. The quantitative estimate of drug-likeness (QED) is 0.298. The summed E-state index contributed by atoms with van der Waals surface area (Å²) in [6, 6.07) is 0.449. The predicted molar refractivity (Wildman–Crippen MR) is 94.1 cm³/mol. The van der Waals surface area contributed by atoms with E-state index in [0.717, 1.165) is 58.0 Å². The van der Waals surface area contributed by atoms with Crippen LogP contribution in [0.25, 0.3) is 0 Å². The van der Waals surface area contributed by atoms with Crippen LogP contribution in [0.5, 0.6) is 0 Å². The molecule has 1 heterocycles. The molecule has 0 amide bonds. The molecule has 1 aliphatic rings. The zero-order valence-electron chi connectivity index (χ0n) is 13.0. The smallest absolute Gasteiger partial charge is 0.191 e. The largest absolute Gasteiger partial charge is 0.381 e.